The average molecular weight is 155 g/mol. The molecule has 0 fully saturated rings. The molecule has 0 heterocycles. The lowest BCUT2D eigenvalue weighted by atomic mass is 10.2. The Morgan fingerprint density at radius 1 is 1.55 bits per heavy atom. The predicted molar refractivity (Wildman–Crippen MR) is 35.9 cm³/mol. The standard InChI is InChI=1S/C5H6BNO4/c1-3(5(9)11-7)2-4(8)10-6/h1-2,7H2. The molecule has 0 aliphatic carbocycles. The van der Waals surface area contributed by atoms with Gasteiger partial charge >= 0.3 is 14.0 Å². The molecule has 0 saturated heterocycles. The molecular weight excluding hydrogens is 149 g/mol. The molecule has 2 N–H and O–H groups in total. The molecule has 0 spiro atoms. The van der Waals surface area contributed by atoms with Gasteiger partial charge in [-0.3, -0.25) is 4.79 Å². The van der Waals surface area contributed by atoms with Crippen LogP contribution >= 0.6 is 0 Å². The van der Waals surface area contributed by atoms with Crippen molar-refractivity contribution in [2.45, 2.75) is 6.42 Å². The summed E-state index contributed by atoms with van der Waals surface area (Å²) >= 11 is 0. The quantitative estimate of drug-likeness (QED) is 0.320. The van der Waals surface area contributed by atoms with Crippen molar-refractivity contribution in [2.24, 2.45) is 5.90 Å². The number of hydrogen-bond acceptors (Lipinski definition) is 5. The van der Waals surface area contributed by atoms with E-state index < -0.39 is 11.9 Å². The van der Waals surface area contributed by atoms with Gasteiger partial charge in [0.15, 0.2) is 0 Å². The van der Waals surface area contributed by atoms with Crippen molar-refractivity contribution in [3.63, 3.8) is 0 Å². The SMILES string of the molecule is [B]OC(=O)CC(=C)C(=O)ON. The van der Waals surface area contributed by atoms with E-state index in [1.54, 1.807) is 0 Å². The van der Waals surface area contributed by atoms with Gasteiger partial charge in [0.25, 0.3) is 5.97 Å². The number of carbonyl (C=O) groups excluding carboxylic acids is 2. The zero-order valence-electron chi connectivity index (χ0n) is 5.70. The number of carbonyl (C=O) groups is 2. The average Bonchev–Trinajstić information content (AvgIpc) is 2.02. The first kappa shape index (κ1) is 9.70. The lowest BCUT2D eigenvalue weighted by Gasteiger charge is -2.00. The van der Waals surface area contributed by atoms with Crippen molar-refractivity contribution in [1.29, 1.82) is 0 Å². The molecule has 0 atom stereocenters. The summed E-state index contributed by atoms with van der Waals surface area (Å²) in [6, 6.07) is 0. The summed E-state index contributed by atoms with van der Waals surface area (Å²) in [5.74, 6) is 2.85. The molecule has 5 nitrogen and oxygen atoms in total. The Kier molecular flexibility index (Phi) is 3.98. The van der Waals surface area contributed by atoms with Gasteiger partial charge in [-0.1, -0.05) is 6.58 Å². The second-order valence-electron chi connectivity index (χ2n) is 1.68. The van der Waals surface area contributed by atoms with Crippen LogP contribution in [0.3, 0.4) is 0 Å². The van der Waals surface area contributed by atoms with E-state index in [2.05, 4.69) is 30.0 Å². The van der Waals surface area contributed by atoms with Crippen LogP contribution in [0.15, 0.2) is 12.2 Å². The van der Waals surface area contributed by atoms with Crippen LogP contribution in [0.1, 0.15) is 6.42 Å². The van der Waals surface area contributed by atoms with Crippen LogP contribution < -0.4 is 5.90 Å². The second-order valence-corrected chi connectivity index (χ2v) is 1.68. The lowest BCUT2D eigenvalue weighted by molar-refractivity contribution is -0.142. The van der Waals surface area contributed by atoms with Gasteiger partial charge in [-0.15, -0.1) is 0 Å². The molecular formula is C5H6BNO4. The summed E-state index contributed by atoms with van der Waals surface area (Å²) in [4.78, 5) is 24.6. The van der Waals surface area contributed by atoms with E-state index in [4.69, 9.17) is 0 Å². The van der Waals surface area contributed by atoms with Crippen molar-refractivity contribution >= 4 is 20.0 Å². The molecule has 0 aliphatic heterocycles. The van der Waals surface area contributed by atoms with Crippen LogP contribution in [0.5, 0.6) is 0 Å². The van der Waals surface area contributed by atoms with E-state index in [9.17, 15) is 9.59 Å². The molecule has 0 aromatic heterocycles. The van der Waals surface area contributed by atoms with Gasteiger partial charge in [-0.2, -0.15) is 5.90 Å². The zero-order chi connectivity index (χ0) is 8.85. The lowest BCUT2D eigenvalue weighted by Crippen LogP contribution is -2.15. The Morgan fingerprint density at radius 3 is 2.45 bits per heavy atom. The Labute approximate surface area is 64.5 Å². The van der Waals surface area contributed by atoms with Gasteiger partial charge < -0.3 is 9.49 Å². The van der Waals surface area contributed by atoms with Crippen molar-refractivity contribution in [3.8, 4) is 0 Å². The van der Waals surface area contributed by atoms with Gasteiger partial charge in [0.1, 0.15) is 0 Å². The second kappa shape index (κ2) is 4.51. The smallest absolute Gasteiger partial charge is 0.378 e. The first-order valence-electron chi connectivity index (χ1n) is 2.60. The first-order valence-corrected chi connectivity index (χ1v) is 2.60. The van der Waals surface area contributed by atoms with Crippen molar-refractivity contribution < 1.29 is 19.1 Å². The molecule has 0 rings (SSSR count). The van der Waals surface area contributed by atoms with Gasteiger partial charge in [0, 0.05) is 5.57 Å². The molecule has 0 saturated carbocycles. The summed E-state index contributed by atoms with van der Waals surface area (Å²) in [6.07, 6.45) is -0.327. The summed E-state index contributed by atoms with van der Waals surface area (Å²) in [6.45, 7) is 3.20. The maximum Gasteiger partial charge on any atom is 0.378 e. The first-order chi connectivity index (χ1) is 5.11. The van der Waals surface area contributed by atoms with E-state index in [-0.39, 0.29) is 12.0 Å². The van der Waals surface area contributed by atoms with Crippen LogP contribution in [-0.2, 0) is 19.1 Å². The van der Waals surface area contributed by atoms with Crippen LogP contribution in [0.4, 0.5) is 0 Å². The predicted octanol–water partition coefficient (Wildman–Crippen LogP) is -1.02. The molecule has 58 valence electrons. The highest BCUT2D eigenvalue weighted by atomic mass is 16.7. The molecule has 0 aromatic carbocycles. The minimum absolute atomic E-state index is 0.108. The van der Waals surface area contributed by atoms with Crippen molar-refractivity contribution in [3.05, 3.63) is 12.2 Å². The minimum Gasteiger partial charge on any atom is -0.543 e. The normalized spacial score (nSPS) is 8.45. The van der Waals surface area contributed by atoms with E-state index >= 15 is 0 Å². The Hall–Kier alpha value is -1.30. The van der Waals surface area contributed by atoms with Gasteiger partial charge in [-0.05, 0) is 0 Å². The summed E-state index contributed by atoms with van der Waals surface area (Å²) in [5.41, 5.74) is -0.108. The molecule has 2 radical (unpaired) electrons. The monoisotopic (exact) mass is 155 g/mol. The maximum atomic E-state index is 10.5. The Bertz CT molecular complexity index is 191. The third kappa shape index (κ3) is 3.41. The fourth-order valence-electron chi connectivity index (χ4n) is 0.371. The van der Waals surface area contributed by atoms with Gasteiger partial charge in [0.2, 0.25) is 0 Å². The number of nitrogens with two attached hydrogens (primary N) is 1. The minimum atomic E-state index is -0.865. The zero-order valence-corrected chi connectivity index (χ0v) is 5.70. The summed E-state index contributed by atoms with van der Waals surface area (Å²) in [5, 5.41) is 0. The number of rotatable bonds is 3. The van der Waals surface area contributed by atoms with Crippen LogP contribution in [-0.4, -0.2) is 20.0 Å². The topological polar surface area (TPSA) is 78.6 Å². The Morgan fingerprint density at radius 2 is 2.09 bits per heavy atom. The highest BCUT2D eigenvalue weighted by Gasteiger charge is 2.11. The van der Waals surface area contributed by atoms with E-state index in [1.807, 2.05) is 0 Å². The van der Waals surface area contributed by atoms with Crippen LogP contribution in [0, 0.1) is 0 Å². The molecule has 0 amide bonds. The summed E-state index contributed by atoms with van der Waals surface area (Å²) in [7, 11) is 4.49. The largest absolute Gasteiger partial charge is 0.543 e. The molecule has 0 aromatic rings. The van der Waals surface area contributed by atoms with E-state index in [0.29, 0.717) is 0 Å². The Balaban J connectivity index is 3.88. The molecule has 11 heavy (non-hydrogen) atoms. The molecule has 0 bridgehead atoms. The van der Waals surface area contributed by atoms with E-state index in [0.717, 1.165) is 0 Å². The molecule has 0 aliphatic rings. The fraction of sp³-hybridized carbons (Fsp3) is 0.200. The molecule has 6 heteroatoms. The van der Waals surface area contributed by atoms with Crippen molar-refractivity contribution in [1.82, 2.24) is 0 Å². The van der Waals surface area contributed by atoms with Crippen LogP contribution in [0.2, 0.25) is 0 Å². The number of hydrogen-bond donors (Lipinski definition) is 1. The third-order valence-corrected chi connectivity index (χ3v) is 0.885. The van der Waals surface area contributed by atoms with E-state index in [1.165, 1.54) is 0 Å². The van der Waals surface area contributed by atoms with Gasteiger partial charge in [-0.25, -0.2) is 4.79 Å². The maximum absolute atomic E-state index is 10.5. The van der Waals surface area contributed by atoms with Crippen molar-refractivity contribution in [2.75, 3.05) is 0 Å². The third-order valence-electron chi connectivity index (χ3n) is 0.885. The fourth-order valence-corrected chi connectivity index (χ4v) is 0.371. The highest BCUT2D eigenvalue weighted by molar-refractivity contribution is 6.06. The van der Waals surface area contributed by atoms with Gasteiger partial charge in [0.05, 0.1) is 6.42 Å². The van der Waals surface area contributed by atoms with Crippen LogP contribution in [0.25, 0.3) is 0 Å². The molecule has 0 unspecified atom stereocenters. The highest BCUT2D eigenvalue weighted by Crippen LogP contribution is 1.99. The summed E-state index contributed by atoms with van der Waals surface area (Å²) < 4.78 is 3.77.